The van der Waals surface area contributed by atoms with Crippen LogP contribution >= 0.6 is 46.4 Å². The zero-order valence-corrected chi connectivity index (χ0v) is 25.8. The highest BCUT2D eigenvalue weighted by Gasteiger charge is 2.55. The van der Waals surface area contributed by atoms with Crippen molar-refractivity contribution in [2.24, 2.45) is 0 Å². The summed E-state index contributed by atoms with van der Waals surface area (Å²) in [6.07, 6.45) is 4.75. The Balaban J connectivity index is 1.64. The summed E-state index contributed by atoms with van der Waals surface area (Å²) in [4.78, 5) is 37.8. The summed E-state index contributed by atoms with van der Waals surface area (Å²) in [5, 5.41) is 0.309. The molecule has 216 valence electrons. The third-order valence-corrected chi connectivity index (χ3v) is 8.69. The summed E-state index contributed by atoms with van der Waals surface area (Å²) >= 11 is 26.6. The van der Waals surface area contributed by atoms with E-state index in [1.807, 2.05) is 0 Å². The molecule has 1 atom stereocenters. The van der Waals surface area contributed by atoms with Crippen LogP contribution < -0.4 is 4.74 Å². The van der Waals surface area contributed by atoms with E-state index in [9.17, 15) is 9.59 Å². The molecule has 0 radical (unpaired) electrons. The molecule has 2 aliphatic heterocycles. The number of rotatable bonds is 9. The molecule has 0 N–H and O–H groups in total. The summed E-state index contributed by atoms with van der Waals surface area (Å²) in [5.74, 6) is -1.20. The largest absolute Gasteiger partial charge is 0.453 e. The number of esters is 1. The van der Waals surface area contributed by atoms with Crippen LogP contribution in [0.3, 0.4) is 0 Å². The molecule has 0 aromatic heterocycles. The number of hydrogen-bond donors (Lipinski definition) is 0. The highest BCUT2D eigenvalue weighted by atomic mass is 35.5. The average Bonchev–Trinajstić information content (AvgIpc) is 3.22. The zero-order chi connectivity index (χ0) is 29.5. The first-order valence-electron chi connectivity index (χ1n) is 13.5. The number of benzene rings is 3. The molecule has 3 aromatic rings. The van der Waals surface area contributed by atoms with E-state index in [1.165, 1.54) is 12.1 Å². The Bertz CT molecular complexity index is 1520. The minimum atomic E-state index is -1.53. The zero-order valence-electron chi connectivity index (χ0n) is 22.7. The standard InChI is InChI=1S/C31H28Cl4O6/c1-4-11-30(12-5-2,13-6-3)41-40-29(37)24-22(33)16-21-27(25(24)35)38-26-20(14-17(32)15-23(26)34)31(21)19-10-8-7-9-18(19)28(36)39-31/h7-10,14-16H,4-6,11-13H2,1-3H3. The van der Waals surface area contributed by atoms with Crippen LogP contribution in [0.1, 0.15) is 96.7 Å². The van der Waals surface area contributed by atoms with Crippen LogP contribution in [-0.2, 0) is 20.1 Å². The van der Waals surface area contributed by atoms with Crippen molar-refractivity contribution in [1.82, 2.24) is 0 Å². The van der Waals surface area contributed by atoms with Crippen LogP contribution in [0.2, 0.25) is 20.1 Å². The van der Waals surface area contributed by atoms with Gasteiger partial charge in [-0.1, -0.05) is 105 Å². The van der Waals surface area contributed by atoms with Crippen LogP contribution in [0.4, 0.5) is 0 Å². The lowest BCUT2D eigenvalue weighted by atomic mass is 9.77. The number of carbonyl (C=O) groups excluding carboxylic acids is 2. The molecule has 0 amide bonds. The second-order valence-corrected chi connectivity index (χ2v) is 11.9. The minimum Gasteiger partial charge on any atom is -0.453 e. The van der Waals surface area contributed by atoms with Crippen molar-refractivity contribution in [3.63, 3.8) is 0 Å². The van der Waals surface area contributed by atoms with Gasteiger partial charge in [-0.3, -0.25) is 4.89 Å². The van der Waals surface area contributed by atoms with Gasteiger partial charge in [0.25, 0.3) is 0 Å². The van der Waals surface area contributed by atoms with Crippen molar-refractivity contribution in [2.75, 3.05) is 0 Å². The van der Waals surface area contributed by atoms with Gasteiger partial charge in [0.1, 0.15) is 11.2 Å². The molecule has 0 saturated carbocycles. The van der Waals surface area contributed by atoms with Gasteiger partial charge in [0.05, 0.1) is 31.8 Å². The predicted molar refractivity (Wildman–Crippen MR) is 159 cm³/mol. The molecule has 0 fully saturated rings. The molecule has 0 aliphatic carbocycles. The minimum absolute atomic E-state index is 0.0330. The molecule has 0 saturated heterocycles. The molecule has 1 unspecified atom stereocenters. The van der Waals surface area contributed by atoms with E-state index in [0.29, 0.717) is 27.3 Å². The fourth-order valence-corrected chi connectivity index (χ4v) is 7.15. The lowest BCUT2D eigenvalue weighted by Crippen LogP contribution is -2.34. The van der Waals surface area contributed by atoms with E-state index in [0.717, 1.165) is 38.5 Å². The molecule has 5 rings (SSSR count). The summed E-state index contributed by atoms with van der Waals surface area (Å²) in [7, 11) is 0. The van der Waals surface area contributed by atoms with Gasteiger partial charge in [-0.05, 0) is 43.5 Å². The van der Waals surface area contributed by atoms with Gasteiger partial charge < -0.3 is 9.47 Å². The maximum atomic E-state index is 13.5. The smallest absolute Gasteiger partial charge is 0.376 e. The topological polar surface area (TPSA) is 71.1 Å². The predicted octanol–water partition coefficient (Wildman–Crippen LogP) is 10.1. The second-order valence-electron chi connectivity index (χ2n) is 10.3. The summed E-state index contributed by atoms with van der Waals surface area (Å²) in [6, 6.07) is 11.6. The number of fused-ring (bicyclic) bond motifs is 6. The first-order chi connectivity index (χ1) is 19.6. The Morgan fingerprint density at radius 2 is 1.49 bits per heavy atom. The summed E-state index contributed by atoms with van der Waals surface area (Å²) < 4.78 is 12.3. The van der Waals surface area contributed by atoms with Gasteiger partial charge in [-0.25, -0.2) is 9.59 Å². The van der Waals surface area contributed by atoms with Gasteiger partial charge in [0.2, 0.25) is 0 Å². The van der Waals surface area contributed by atoms with Crippen LogP contribution in [0.5, 0.6) is 11.5 Å². The molecular formula is C31H28Cl4O6. The Kier molecular flexibility index (Phi) is 8.53. The SMILES string of the molecule is CCCC(CCC)(CCC)OOC(=O)c1c(Cl)cc2c(c1Cl)Oc1c(Cl)cc(Cl)cc1C21OC(=O)c2ccccc21. The van der Waals surface area contributed by atoms with E-state index < -0.39 is 23.1 Å². The van der Waals surface area contributed by atoms with E-state index >= 15 is 0 Å². The van der Waals surface area contributed by atoms with E-state index in [4.69, 9.17) is 65.7 Å². The van der Waals surface area contributed by atoms with Gasteiger partial charge in [-0.15, -0.1) is 0 Å². The highest BCUT2D eigenvalue weighted by Crippen LogP contribution is 2.60. The van der Waals surface area contributed by atoms with Crippen molar-refractivity contribution in [3.05, 3.63) is 90.4 Å². The molecular weight excluding hydrogens is 610 g/mol. The normalized spacial score (nSPS) is 17.0. The molecule has 41 heavy (non-hydrogen) atoms. The van der Waals surface area contributed by atoms with Crippen molar-refractivity contribution < 1.29 is 28.8 Å². The molecule has 3 aromatic carbocycles. The quantitative estimate of drug-likeness (QED) is 0.132. The fraction of sp³-hybridized carbons (Fsp3) is 0.355. The van der Waals surface area contributed by atoms with Gasteiger partial charge >= 0.3 is 11.9 Å². The maximum absolute atomic E-state index is 13.5. The second kappa shape index (κ2) is 11.7. The molecule has 2 aliphatic rings. The highest BCUT2D eigenvalue weighted by molar-refractivity contribution is 6.40. The van der Waals surface area contributed by atoms with Crippen LogP contribution in [0.25, 0.3) is 0 Å². The number of halogens is 4. The monoisotopic (exact) mass is 636 g/mol. The van der Waals surface area contributed by atoms with Crippen molar-refractivity contribution in [3.8, 4) is 11.5 Å². The Hall–Kier alpha value is -2.48. The molecule has 1 spiro atoms. The fourth-order valence-electron chi connectivity index (χ4n) is 5.97. The van der Waals surface area contributed by atoms with Crippen molar-refractivity contribution >= 4 is 58.3 Å². The molecule has 2 heterocycles. The molecule has 10 heteroatoms. The number of ether oxygens (including phenoxy) is 2. The molecule has 0 bridgehead atoms. The summed E-state index contributed by atoms with van der Waals surface area (Å²) in [6.45, 7) is 6.17. The van der Waals surface area contributed by atoms with Gasteiger partial charge in [0, 0.05) is 10.6 Å². The lowest BCUT2D eigenvalue weighted by molar-refractivity contribution is -0.323. The number of hydrogen-bond acceptors (Lipinski definition) is 6. The lowest BCUT2D eigenvalue weighted by Gasteiger charge is -2.37. The first kappa shape index (κ1) is 30.0. The van der Waals surface area contributed by atoms with Crippen LogP contribution in [0, 0.1) is 0 Å². The van der Waals surface area contributed by atoms with Gasteiger partial charge in [0.15, 0.2) is 17.1 Å². The maximum Gasteiger partial charge on any atom is 0.376 e. The van der Waals surface area contributed by atoms with Crippen molar-refractivity contribution in [1.29, 1.82) is 0 Å². The van der Waals surface area contributed by atoms with E-state index in [1.54, 1.807) is 30.3 Å². The summed E-state index contributed by atoms with van der Waals surface area (Å²) in [5.41, 5.74) is -0.701. The third kappa shape index (κ3) is 4.98. The number of carbonyl (C=O) groups is 2. The Morgan fingerprint density at radius 1 is 0.854 bits per heavy atom. The van der Waals surface area contributed by atoms with E-state index in [-0.39, 0.29) is 32.1 Å². The molecule has 6 nitrogen and oxygen atoms in total. The third-order valence-electron chi connectivity index (χ3n) is 7.53. The Morgan fingerprint density at radius 3 is 2.15 bits per heavy atom. The van der Waals surface area contributed by atoms with Crippen molar-refractivity contribution in [2.45, 2.75) is 70.5 Å². The Labute approximate surface area is 258 Å². The van der Waals surface area contributed by atoms with Gasteiger partial charge in [-0.2, -0.15) is 4.89 Å². The average molecular weight is 638 g/mol. The van der Waals surface area contributed by atoms with Crippen LogP contribution in [-0.4, -0.2) is 17.5 Å². The van der Waals surface area contributed by atoms with E-state index in [2.05, 4.69) is 20.8 Å². The van der Waals surface area contributed by atoms with Crippen LogP contribution in [0.15, 0.2) is 42.5 Å². The first-order valence-corrected chi connectivity index (χ1v) is 15.1.